The predicted octanol–water partition coefficient (Wildman–Crippen LogP) is 6.06. The first-order valence-corrected chi connectivity index (χ1v) is 14.1. The molecule has 0 aliphatic carbocycles. The first-order valence-electron chi connectivity index (χ1n) is 10.5. The molecule has 0 saturated heterocycles. The van der Waals surface area contributed by atoms with E-state index >= 15 is 0 Å². The number of hydrogen-bond donors (Lipinski definition) is 0. The molecule has 0 bridgehead atoms. The number of carbonyl (C=O) groups is 1. The van der Waals surface area contributed by atoms with E-state index in [0.717, 1.165) is 0 Å². The average Bonchev–Trinajstić information content (AvgIpc) is 3.22. The molecule has 0 aliphatic rings. The molecule has 0 atom stereocenters. The molecule has 0 fully saturated rings. The molecule has 0 saturated carbocycles. The van der Waals surface area contributed by atoms with Crippen LogP contribution in [-0.2, 0) is 4.79 Å². The van der Waals surface area contributed by atoms with Gasteiger partial charge in [-0.1, -0.05) is 0 Å². The summed E-state index contributed by atoms with van der Waals surface area (Å²) in [5, 5.41) is 0. The summed E-state index contributed by atoms with van der Waals surface area (Å²) in [4.78, 5) is 17.1. The molecule has 0 amide bonds. The van der Waals surface area contributed by atoms with E-state index in [1.807, 2.05) is 29.9 Å². The fourth-order valence-corrected chi connectivity index (χ4v) is 12.2. The van der Waals surface area contributed by atoms with Gasteiger partial charge in [0.15, 0.2) is 0 Å². The Morgan fingerprint density at radius 3 is 2.26 bits per heavy atom. The van der Waals surface area contributed by atoms with Crippen molar-refractivity contribution < 1.29 is 4.79 Å². The number of carbonyl (C=O) groups excluding carboxylic acids is 1. The summed E-state index contributed by atoms with van der Waals surface area (Å²) in [6, 6.07) is 0. The molecule has 2 heterocycles. The molecule has 2 aromatic heterocycles. The quantitative estimate of drug-likeness (QED) is 0.251. The van der Waals surface area contributed by atoms with E-state index in [4.69, 9.17) is 0 Å². The minimum absolute atomic E-state index is 0.111. The van der Waals surface area contributed by atoms with E-state index in [1.165, 1.54) is 68.3 Å². The van der Waals surface area contributed by atoms with Crippen LogP contribution in [-0.4, -0.2) is 36.3 Å². The summed E-state index contributed by atoms with van der Waals surface area (Å²) >= 11 is 1.11. The maximum absolute atomic E-state index is 11.5. The molecule has 2 rings (SSSR count). The first-order chi connectivity index (χ1) is 13.0. The third-order valence-corrected chi connectivity index (χ3v) is 12.7. The molecule has 2 aromatic rings. The number of allylic oxidation sites excluding steroid dienone is 1. The Morgan fingerprint density at radius 2 is 1.74 bits per heavy atom. The van der Waals surface area contributed by atoms with Crippen LogP contribution in [0.1, 0.15) is 91.2 Å². The Kier molecular flexibility index (Phi) is 9.57. The van der Waals surface area contributed by atoms with E-state index in [1.54, 1.807) is 15.9 Å². The Bertz CT molecular complexity index is 725. The second-order valence-electron chi connectivity index (χ2n) is 7.58. The number of imidazole rings is 1. The summed E-state index contributed by atoms with van der Waals surface area (Å²) in [5.74, 6) is 0.111. The van der Waals surface area contributed by atoms with Crippen molar-refractivity contribution >= 4 is 52.1 Å². The fraction of sp³-hybridized carbons (Fsp3) is 0.636. The second kappa shape index (κ2) is 11.4. The van der Waals surface area contributed by atoms with E-state index in [9.17, 15) is 4.79 Å². The van der Waals surface area contributed by atoms with Crippen LogP contribution in [0.3, 0.4) is 0 Å². The number of nitrogens with zero attached hydrogens (tertiary/aromatic N) is 2. The van der Waals surface area contributed by atoms with Crippen molar-refractivity contribution in [1.29, 1.82) is 0 Å². The van der Waals surface area contributed by atoms with Crippen molar-refractivity contribution in [3.05, 3.63) is 24.3 Å². The maximum atomic E-state index is 11.5. The van der Waals surface area contributed by atoms with Gasteiger partial charge < -0.3 is 0 Å². The standard InChI is InChI=1S/C13H27.C9H7N2OS.Sn/c1-4-7-10-13(11-8-5-2)12-9-6-3;1-7(12)2-3-8-5-13-9-4-10-6-11(8)9;/h4-12H2,1-3H3;2-4,6H,1H3;/b;3-2+;. The van der Waals surface area contributed by atoms with Crippen molar-refractivity contribution in [2.75, 3.05) is 0 Å². The predicted molar refractivity (Wildman–Crippen MR) is 119 cm³/mol. The molecule has 0 N–H and O–H groups in total. The van der Waals surface area contributed by atoms with Gasteiger partial charge in [-0.25, -0.2) is 0 Å². The normalized spacial score (nSPS) is 12.4. The van der Waals surface area contributed by atoms with Crippen LogP contribution < -0.4 is 2.89 Å². The Morgan fingerprint density at radius 1 is 1.15 bits per heavy atom. The Balaban J connectivity index is 2.40. The zero-order chi connectivity index (χ0) is 19.7. The van der Waals surface area contributed by atoms with E-state index in [0.29, 0.717) is 3.43 Å². The van der Waals surface area contributed by atoms with Crippen LogP contribution in [0, 0.1) is 0 Å². The monoisotopic (exact) mass is 494 g/mol. The van der Waals surface area contributed by atoms with Crippen LogP contribution in [0.5, 0.6) is 0 Å². The van der Waals surface area contributed by atoms with Crippen LogP contribution in [0.4, 0.5) is 0 Å². The van der Waals surface area contributed by atoms with E-state index in [2.05, 4.69) is 30.2 Å². The van der Waals surface area contributed by atoms with E-state index < -0.39 is 21.1 Å². The van der Waals surface area contributed by atoms with Gasteiger partial charge in [-0.15, -0.1) is 0 Å². The van der Waals surface area contributed by atoms with Gasteiger partial charge in [0, 0.05) is 0 Å². The number of unbranched alkanes of at least 4 members (excludes halogenated alkanes) is 3. The molecule has 0 aromatic carbocycles. The molecule has 5 heteroatoms. The molecular weight excluding hydrogens is 459 g/mol. The van der Waals surface area contributed by atoms with Crippen molar-refractivity contribution in [3.8, 4) is 0 Å². The van der Waals surface area contributed by atoms with Crippen molar-refractivity contribution in [1.82, 2.24) is 9.38 Å². The minimum atomic E-state index is -0.816. The zero-order valence-corrected chi connectivity index (χ0v) is 21.1. The van der Waals surface area contributed by atoms with Gasteiger partial charge >= 0.3 is 179 Å². The van der Waals surface area contributed by atoms with Crippen LogP contribution >= 0.6 is 11.3 Å². The molecule has 0 aliphatic heterocycles. The Labute approximate surface area is 178 Å². The van der Waals surface area contributed by atoms with Gasteiger partial charge in [-0.05, 0) is 0 Å². The number of aromatic nitrogens is 2. The van der Waals surface area contributed by atoms with Gasteiger partial charge in [-0.3, -0.25) is 0 Å². The topological polar surface area (TPSA) is 34.4 Å². The van der Waals surface area contributed by atoms with Crippen molar-refractivity contribution in [2.24, 2.45) is 0 Å². The van der Waals surface area contributed by atoms with Gasteiger partial charge in [0.1, 0.15) is 0 Å². The molecule has 0 unspecified atom stereocenters. The summed E-state index contributed by atoms with van der Waals surface area (Å²) in [7, 11) is 0. The summed E-state index contributed by atoms with van der Waals surface area (Å²) in [6.45, 7) is 8.58. The van der Waals surface area contributed by atoms with Crippen molar-refractivity contribution in [2.45, 2.75) is 88.9 Å². The third-order valence-electron chi connectivity index (χ3n) is 5.18. The van der Waals surface area contributed by atoms with Gasteiger partial charge in [0.25, 0.3) is 0 Å². The summed E-state index contributed by atoms with van der Waals surface area (Å²) in [5.41, 5.74) is 1.23. The van der Waals surface area contributed by atoms with Crippen LogP contribution in [0.2, 0.25) is 3.43 Å². The number of thiazole rings is 1. The van der Waals surface area contributed by atoms with Gasteiger partial charge in [-0.2, -0.15) is 0 Å². The van der Waals surface area contributed by atoms with E-state index in [-0.39, 0.29) is 5.78 Å². The average molecular weight is 493 g/mol. The number of ketones is 1. The van der Waals surface area contributed by atoms with Gasteiger partial charge in [0.2, 0.25) is 0 Å². The molecule has 148 valence electrons. The molecule has 2 radical (unpaired) electrons. The van der Waals surface area contributed by atoms with Crippen molar-refractivity contribution in [3.63, 3.8) is 0 Å². The second-order valence-corrected chi connectivity index (χ2v) is 14.8. The fourth-order valence-electron chi connectivity index (χ4n) is 3.60. The molecular formula is C22H34N2OSSn. The SMILES string of the molecule is CCCC[C](CCCC)(CCCC)[Sn][c]1sc2cncn2c1/C=C/C(C)=O. The molecule has 27 heavy (non-hydrogen) atoms. The van der Waals surface area contributed by atoms with Crippen LogP contribution in [0.25, 0.3) is 10.9 Å². The third kappa shape index (κ3) is 6.45. The van der Waals surface area contributed by atoms with Gasteiger partial charge in [0.05, 0.1) is 0 Å². The number of hydrogen-bond acceptors (Lipinski definition) is 3. The molecule has 3 nitrogen and oxygen atoms in total. The Hall–Kier alpha value is -0.621. The number of rotatable bonds is 13. The zero-order valence-electron chi connectivity index (χ0n) is 17.4. The summed E-state index contributed by atoms with van der Waals surface area (Å²) < 4.78 is 4.32. The number of fused-ring (bicyclic) bond motifs is 1. The first kappa shape index (κ1) is 22.7. The summed E-state index contributed by atoms with van der Waals surface area (Å²) in [6.07, 6.45) is 19.7. The molecule has 0 spiro atoms. The van der Waals surface area contributed by atoms with Crippen LogP contribution in [0.15, 0.2) is 18.6 Å².